The summed E-state index contributed by atoms with van der Waals surface area (Å²) in [4.78, 5) is 21.8. The molecular weight excluding hydrogens is 879 g/mol. The molecule has 0 spiro atoms. The van der Waals surface area contributed by atoms with Crippen LogP contribution in [0.4, 0.5) is 0 Å². The first-order valence-corrected chi connectivity index (χ1v) is 21.3. The van der Waals surface area contributed by atoms with E-state index in [4.69, 9.17) is 47.2 Å². The molecule has 0 bridgehead atoms. The topological polar surface area (TPSA) is 323 Å². The first kappa shape index (κ1) is 48.7. The number of hydrogen-bond acceptors (Lipinski definition) is 18. The van der Waals surface area contributed by atoms with E-state index in [9.17, 15) is 0 Å². The van der Waals surface area contributed by atoms with Crippen LogP contribution >= 0.6 is 0 Å². The third-order valence-electron chi connectivity index (χ3n) is 8.65. The van der Waals surface area contributed by atoms with Crippen molar-refractivity contribution >= 4 is 43.6 Å². The van der Waals surface area contributed by atoms with E-state index in [0.29, 0.717) is 11.6 Å². The molecule has 0 saturated carbocycles. The van der Waals surface area contributed by atoms with Gasteiger partial charge in [-0.25, -0.2) is 47.2 Å². The van der Waals surface area contributed by atoms with Crippen molar-refractivity contribution in [2.75, 3.05) is 0 Å². The average Bonchev–Trinajstić information content (AvgIpc) is 3.90. The monoisotopic (exact) mass is 918 g/mol. The molecule has 0 aliphatic rings. The van der Waals surface area contributed by atoms with Crippen molar-refractivity contribution in [1.29, 1.82) is 0 Å². The molecule has 0 aliphatic carbocycles. The molecule has 0 N–H and O–H groups in total. The smallest absolute Gasteiger partial charge is 0.254 e. The molecule has 6 heterocycles. The maximum absolute atomic E-state index is 8.49. The molecule has 20 nitrogen and oxygen atoms in total. The Balaban J connectivity index is 0.000000217. The van der Waals surface area contributed by atoms with Gasteiger partial charge in [0.15, 0.2) is 0 Å². The summed E-state index contributed by atoms with van der Waals surface area (Å²) in [5, 5.41) is 29.9. The third-order valence-corrected chi connectivity index (χ3v) is 8.65. The number of rotatable bonds is 12. The number of halogens is 2. The molecule has 61 heavy (non-hydrogen) atoms. The molecular formula is C38H40Cl2FeN12O8. The Hall–Kier alpha value is -5.00. The summed E-state index contributed by atoms with van der Waals surface area (Å²) >= 11 is 0. The molecule has 6 aromatic heterocycles. The van der Waals surface area contributed by atoms with Crippen LogP contribution in [0.1, 0.15) is 65.2 Å². The molecule has 8 rings (SSSR count). The van der Waals surface area contributed by atoms with Crippen LogP contribution in [-0.4, -0.2) is 60.4 Å². The van der Waals surface area contributed by atoms with Gasteiger partial charge >= 0.3 is 17.1 Å². The Morgan fingerprint density at radius 2 is 0.803 bits per heavy atom. The summed E-state index contributed by atoms with van der Waals surface area (Å²) in [6.07, 6.45) is 13.0. The fraction of sp³-hybridized carbons (Fsp3) is 0.316. The Labute approximate surface area is 363 Å². The Kier molecular flexibility index (Phi) is 18.6. The number of aryl methyl sites for hydroxylation is 2. The molecule has 0 radical (unpaired) electrons. The maximum Gasteiger partial charge on any atom is 2.00 e. The predicted molar refractivity (Wildman–Crippen MR) is 196 cm³/mol. The van der Waals surface area contributed by atoms with E-state index >= 15 is 0 Å². The minimum atomic E-state index is -4.94. The molecule has 0 fully saturated rings. The van der Waals surface area contributed by atoms with Gasteiger partial charge in [0.1, 0.15) is 11.4 Å². The number of unbranched alkanes of at least 4 members (excludes halogenated alkanes) is 6. The van der Waals surface area contributed by atoms with E-state index in [-0.39, 0.29) is 17.1 Å². The molecule has 0 atom stereocenters. The largest absolute Gasteiger partial charge is 2.00 e. The molecule has 0 aliphatic heterocycles. The minimum absolute atomic E-state index is 0. The van der Waals surface area contributed by atoms with E-state index in [0.717, 1.165) is 80.9 Å². The average molecular weight is 920 g/mol. The zero-order valence-corrected chi connectivity index (χ0v) is 35.5. The summed E-state index contributed by atoms with van der Waals surface area (Å²) in [5.74, 6) is 1.12. The van der Waals surface area contributed by atoms with Gasteiger partial charge in [-0.1, -0.05) is 101 Å². The minimum Gasteiger partial charge on any atom is -0.254 e. The standard InChI is InChI=1S/2C19H20N6.2ClHO4.Fe/c2*1-2-3-4-5-13-25-23-19(22-24-25)16-11-10-15-9-8-14-7-6-12-20-17(14)18(15)21-16;2*2-1(3,4)5;/h2*6-12H,2-5,13H2,1H3;2*(H,2,3,4,5);/q;;;;+2/p-2. The van der Waals surface area contributed by atoms with Gasteiger partial charge in [-0.2, -0.15) is 9.59 Å². The van der Waals surface area contributed by atoms with Crippen LogP contribution in [0.5, 0.6) is 0 Å². The Morgan fingerprint density at radius 1 is 0.459 bits per heavy atom. The second-order valence-electron chi connectivity index (χ2n) is 13.1. The van der Waals surface area contributed by atoms with Crippen LogP contribution in [0.2, 0.25) is 0 Å². The molecule has 0 amide bonds. The first-order valence-electron chi connectivity index (χ1n) is 18.8. The molecule has 322 valence electrons. The van der Waals surface area contributed by atoms with Crippen LogP contribution in [0.25, 0.3) is 66.6 Å². The number of hydrogen-bond donors (Lipinski definition) is 0. The van der Waals surface area contributed by atoms with Crippen molar-refractivity contribution in [3.63, 3.8) is 0 Å². The maximum atomic E-state index is 8.49. The normalized spacial score (nSPS) is 11.3. The Morgan fingerprint density at radius 3 is 1.16 bits per heavy atom. The fourth-order valence-corrected chi connectivity index (χ4v) is 5.94. The van der Waals surface area contributed by atoms with Crippen LogP contribution in [0.15, 0.2) is 85.2 Å². The van der Waals surface area contributed by atoms with Gasteiger partial charge in [-0.05, 0) is 47.5 Å². The molecule has 2 aromatic carbocycles. The molecule has 8 aromatic rings. The van der Waals surface area contributed by atoms with Gasteiger partial charge in [0.25, 0.3) is 0 Å². The predicted octanol–water partition coefficient (Wildman–Crippen LogP) is -1.48. The van der Waals surface area contributed by atoms with Gasteiger partial charge in [0, 0.05) is 33.9 Å². The second-order valence-corrected chi connectivity index (χ2v) is 14.6. The van der Waals surface area contributed by atoms with Gasteiger partial charge in [-0.15, -0.1) is 40.9 Å². The van der Waals surface area contributed by atoms with Crippen LogP contribution in [0.3, 0.4) is 0 Å². The molecule has 23 heteroatoms. The summed E-state index contributed by atoms with van der Waals surface area (Å²) < 4.78 is 67.9. The van der Waals surface area contributed by atoms with E-state index in [1.807, 2.05) is 48.5 Å². The van der Waals surface area contributed by atoms with E-state index in [1.54, 1.807) is 22.0 Å². The number of pyridine rings is 4. The van der Waals surface area contributed by atoms with Crippen molar-refractivity contribution in [1.82, 2.24) is 60.4 Å². The van der Waals surface area contributed by atoms with Crippen LogP contribution in [-0.2, 0) is 30.2 Å². The third kappa shape index (κ3) is 15.8. The fourth-order valence-electron chi connectivity index (χ4n) is 5.94. The van der Waals surface area contributed by atoms with Gasteiger partial charge in [0.2, 0.25) is 11.6 Å². The van der Waals surface area contributed by atoms with Crippen molar-refractivity contribution in [3.8, 4) is 23.0 Å². The van der Waals surface area contributed by atoms with Gasteiger partial charge in [0.05, 0.1) is 35.2 Å². The SMILES string of the molecule is CCCCCCn1nnc(-c2ccc3ccc4cccnc4c3n2)n1.CCCCCCn1nnc(-c2ccc3ccc4cccnc4c3n2)n1.[Fe+2].[O-][Cl+3]([O-])([O-])[O-].[O-][Cl+3]([O-])([O-])[O-]. The molecule has 0 unspecified atom stereocenters. The van der Waals surface area contributed by atoms with Crippen LogP contribution < -0.4 is 37.3 Å². The zero-order chi connectivity index (χ0) is 43.1. The van der Waals surface area contributed by atoms with Crippen molar-refractivity contribution in [2.45, 2.75) is 78.3 Å². The summed E-state index contributed by atoms with van der Waals surface area (Å²) in [6.45, 7) is 6.00. The van der Waals surface area contributed by atoms with Crippen molar-refractivity contribution in [2.24, 2.45) is 0 Å². The van der Waals surface area contributed by atoms with E-state index < -0.39 is 20.5 Å². The zero-order valence-electron chi connectivity index (χ0n) is 32.9. The Bertz CT molecular complexity index is 2400. The van der Waals surface area contributed by atoms with Gasteiger partial charge < -0.3 is 0 Å². The van der Waals surface area contributed by atoms with Crippen LogP contribution in [0, 0.1) is 20.5 Å². The van der Waals surface area contributed by atoms with Gasteiger partial charge in [-0.3, -0.25) is 9.97 Å². The molecule has 0 saturated heterocycles. The summed E-state index contributed by atoms with van der Waals surface area (Å²) in [7, 11) is -9.89. The number of aromatic nitrogens is 12. The summed E-state index contributed by atoms with van der Waals surface area (Å²) in [6, 6.07) is 24.2. The number of nitrogens with zero attached hydrogens (tertiary/aromatic N) is 12. The number of fused-ring (bicyclic) bond motifs is 6. The van der Waals surface area contributed by atoms with Crippen molar-refractivity contribution < 1.29 is 74.8 Å². The van der Waals surface area contributed by atoms with Crippen molar-refractivity contribution in [3.05, 3.63) is 85.2 Å². The number of tetrazole rings is 2. The quantitative estimate of drug-likeness (QED) is 0.0766. The number of benzene rings is 2. The van der Waals surface area contributed by atoms with E-state index in [2.05, 4.69) is 78.9 Å². The second kappa shape index (κ2) is 23.3. The summed E-state index contributed by atoms with van der Waals surface area (Å²) in [5.41, 5.74) is 4.99. The van der Waals surface area contributed by atoms with E-state index in [1.165, 1.54) is 38.5 Å². The first-order chi connectivity index (χ1) is 28.7.